The van der Waals surface area contributed by atoms with Crippen molar-refractivity contribution in [3.05, 3.63) is 54.0 Å². The Labute approximate surface area is 87.6 Å². The molecule has 0 saturated carbocycles. The first-order chi connectivity index (χ1) is 7.40. The van der Waals surface area contributed by atoms with Crippen molar-refractivity contribution < 1.29 is 4.42 Å². The molecule has 3 heteroatoms. The van der Waals surface area contributed by atoms with E-state index in [4.69, 9.17) is 9.83 Å². The van der Waals surface area contributed by atoms with Crippen LogP contribution in [0.3, 0.4) is 0 Å². The third-order valence-electron chi connectivity index (χ3n) is 1.97. The Hall–Kier alpha value is -2.16. The Morgan fingerprint density at radius 2 is 2.00 bits per heavy atom. The molecule has 2 rings (SSSR count). The van der Waals surface area contributed by atoms with Crippen LogP contribution in [-0.2, 0) is 0 Å². The smallest absolute Gasteiger partial charge is 0.144 e. The molecule has 1 N–H and O–H groups in total. The van der Waals surface area contributed by atoms with Crippen LogP contribution in [-0.4, -0.2) is 12.4 Å². The molecule has 15 heavy (non-hydrogen) atoms. The molecule has 0 bridgehead atoms. The minimum Gasteiger partial charge on any atom is -0.463 e. The van der Waals surface area contributed by atoms with E-state index in [2.05, 4.69) is 4.99 Å². The van der Waals surface area contributed by atoms with Crippen LogP contribution in [0.1, 0.15) is 11.3 Å². The summed E-state index contributed by atoms with van der Waals surface area (Å²) in [6.45, 7) is 0. The van der Waals surface area contributed by atoms with Gasteiger partial charge in [-0.2, -0.15) is 0 Å². The van der Waals surface area contributed by atoms with Crippen molar-refractivity contribution in [1.29, 1.82) is 5.41 Å². The van der Waals surface area contributed by atoms with Gasteiger partial charge >= 0.3 is 0 Å². The monoisotopic (exact) mass is 198 g/mol. The van der Waals surface area contributed by atoms with Gasteiger partial charge in [0.15, 0.2) is 0 Å². The average Bonchev–Trinajstić information content (AvgIpc) is 2.79. The van der Waals surface area contributed by atoms with Crippen molar-refractivity contribution in [2.45, 2.75) is 0 Å². The molecule has 2 aromatic rings. The van der Waals surface area contributed by atoms with E-state index in [0.29, 0.717) is 5.76 Å². The van der Waals surface area contributed by atoms with Crippen LogP contribution in [0.5, 0.6) is 0 Å². The van der Waals surface area contributed by atoms with Gasteiger partial charge in [-0.3, -0.25) is 4.99 Å². The molecule has 74 valence electrons. The highest BCUT2D eigenvalue weighted by atomic mass is 16.3. The van der Waals surface area contributed by atoms with Crippen molar-refractivity contribution in [2.75, 3.05) is 0 Å². The zero-order valence-corrected chi connectivity index (χ0v) is 8.05. The number of hydrogen-bond acceptors (Lipinski definition) is 3. The van der Waals surface area contributed by atoms with E-state index in [1.54, 1.807) is 12.5 Å². The van der Waals surface area contributed by atoms with Crippen LogP contribution >= 0.6 is 0 Å². The summed E-state index contributed by atoms with van der Waals surface area (Å²) in [6.07, 6.45) is 4.53. The topological polar surface area (TPSA) is 49.4 Å². The Morgan fingerprint density at radius 3 is 2.73 bits per heavy atom. The molecule has 1 heterocycles. The zero-order valence-electron chi connectivity index (χ0n) is 8.05. The predicted molar refractivity (Wildman–Crippen MR) is 60.3 cm³/mol. The largest absolute Gasteiger partial charge is 0.463 e. The lowest BCUT2D eigenvalue weighted by molar-refractivity contribution is 0.560. The normalized spacial score (nSPS) is 10.7. The van der Waals surface area contributed by atoms with Crippen molar-refractivity contribution in [3.8, 4) is 0 Å². The van der Waals surface area contributed by atoms with Gasteiger partial charge in [0, 0.05) is 11.8 Å². The van der Waals surface area contributed by atoms with Gasteiger partial charge in [-0.15, -0.1) is 0 Å². The first kappa shape index (κ1) is 9.40. The van der Waals surface area contributed by atoms with E-state index in [0.717, 1.165) is 11.3 Å². The number of furan rings is 1. The molecule has 0 unspecified atom stereocenters. The molecule has 0 aliphatic carbocycles. The maximum atomic E-state index is 7.22. The highest BCUT2D eigenvalue weighted by Crippen LogP contribution is 2.16. The average molecular weight is 198 g/mol. The minimum absolute atomic E-state index is 0.704. The van der Waals surface area contributed by atoms with Gasteiger partial charge in [0.25, 0.3) is 0 Å². The van der Waals surface area contributed by atoms with Crippen LogP contribution in [0, 0.1) is 5.41 Å². The van der Waals surface area contributed by atoms with Crippen molar-refractivity contribution in [3.63, 3.8) is 0 Å². The minimum atomic E-state index is 0.704. The number of para-hydroxylation sites is 1. The molecule has 0 aliphatic heterocycles. The zero-order chi connectivity index (χ0) is 10.5. The number of nitrogens with zero attached hydrogens (tertiary/aromatic N) is 1. The van der Waals surface area contributed by atoms with Crippen LogP contribution in [0.4, 0.5) is 5.69 Å². The second-order valence-electron chi connectivity index (χ2n) is 2.98. The van der Waals surface area contributed by atoms with E-state index >= 15 is 0 Å². The molecule has 0 fully saturated rings. The Kier molecular flexibility index (Phi) is 2.74. The maximum Gasteiger partial charge on any atom is 0.144 e. The standard InChI is InChI=1S/C12H10N2O/c13-8-10-4-1-2-6-12(10)14-9-11-5-3-7-15-11/h1-9,13H. The summed E-state index contributed by atoms with van der Waals surface area (Å²) in [6, 6.07) is 11.1. The summed E-state index contributed by atoms with van der Waals surface area (Å²) < 4.78 is 5.12. The molecule has 0 aliphatic rings. The number of aliphatic imine (C=N–C) groups is 1. The summed E-state index contributed by atoms with van der Waals surface area (Å²) in [5.74, 6) is 0.704. The second kappa shape index (κ2) is 4.37. The van der Waals surface area contributed by atoms with Crippen LogP contribution in [0.15, 0.2) is 52.1 Å². The fourth-order valence-corrected chi connectivity index (χ4v) is 1.23. The predicted octanol–water partition coefficient (Wildman–Crippen LogP) is 3.03. The van der Waals surface area contributed by atoms with Gasteiger partial charge in [0.1, 0.15) is 5.76 Å². The summed E-state index contributed by atoms with van der Waals surface area (Å²) in [4.78, 5) is 4.25. The van der Waals surface area contributed by atoms with Crippen LogP contribution in [0.25, 0.3) is 0 Å². The second-order valence-corrected chi connectivity index (χ2v) is 2.98. The number of nitrogens with one attached hydrogen (secondary N) is 1. The highest BCUT2D eigenvalue weighted by molar-refractivity contribution is 5.87. The van der Waals surface area contributed by atoms with E-state index in [9.17, 15) is 0 Å². The lowest BCUT2D eigenvalue weighted by Gasteiger charge is -1.96. The van der Waals surface area contributed by atoms with Gasteiger partial charge in [-0.05, 0) is 18.2 Å². The van der Waals surface area contributed by atoms with Crippen molar-refractivity contribution in [2.24, 2.45) is 4.99 Å². The first-order valence-electron chi connectivity index (χ1n) is 4.57. The van der Waals surface area contributed by atoms with E-state index in [1.165, 1.54) is 6.21 Å². The van der Waals surface area contributed by atoms with Gasteiger partial charge in [-0.25, -0.2) is 0 Å². The van der Waals surface area contributed by atoms with Crippen molar-refractivity contribution >= 4 is 18.1 Å². The fourth-order valence-electron chi connectivity index (χ4n) is 1.23. The lowest BCUT2D eigenvalue weighted by Crippen LogP contribution is -1.81. The number of benzene rings is 1. The maximum absolute atomic E-state index is 7.22. The van der Waals surface area contributed by atoms with E-state index in [-0.39, 0.29) is 0 Å². The van der Waals surface area contributed by atoms with Crippen LogP contribution < -0.4 is 0 Å². The van der Waals surface area contributed by atoms with E-state index < -0.39 is 0 Å². The Morgan fingerprint density at radius 1 is 1.13 bits per heavy atom. The molecule has 0 radical (unpaired) electrons. The fraction of sp³-hybridized carbons (Fsp3) is 0. The molecule has 0 atom stereocenters. The summed E-state index contributed by atoms with van der Waals surface area (Å²) in [7, 11) is 0. The first-order valence-corrected chi connectivity index (χ1v) is 4.57. The van der Waals surface area contributed by atoms with Crippen molar-refractivity contribution in [1.82, 2.24) is 0 Å². The highest BCUT2D eigenvalue weighted by Gasteiger charge is 1.95. The molecule has 0 amide bonds. The molecule has 1 aromatic carbocycles. The molecular formula is C12H10N2O. The van der Waals surface area contributed by atoms with E-state index in [1.807, 2.05) is 36.4 Å². The summed E-state index contributed by atoms with van der Waals surface area (Å²) in [5.41, 5.74) is 1.56. The quantitative estimate of drug-likeness (QED) is 0.757. The summed E-state index contributed by atoms with van der Waals surface area (Å²) >= 11 is 0. The third-order valence-corrected chi connectivity index (χ3v) is 1.97. The lowest BCUT2D eigenvalue weighted by atomic mass is 10.2. The van der Waals surface area contributed by atoms with Gasteiger partial charge in [-0.1, -0.05) is 18.2 Å². The molecule has 3 nitrogen and oxygen atoms in total. The van der Waals surface area contributed by atoms with Gasteiger partial charge < -0.3 is 9.83 Å². The molecule has 1 aromatic heterocycles. The Balaban J connectivity index is 2.27. The Bertz CT molecular complexity index is 472. The SMILES string of the molecule is N=Cc1ccccc1N=Cc1ccco1. The van der Waals surface area contributed by atoms with Gasteiger partial charge in [0.05, 0.1) is 18.2 Å². The van der Waals surface area contributed by atoms with Gasteiger partial charge in [0.2, 0.25) is 0 Å². The summed E-state index contributed by atoms with van der Waals surface area (Å²) in [5, 5.41) is 7.22. The number of hydrogen-bond donors (Lipinski definition) is 1. The number of rotatable bonds is 3. The third kappa shape index (κ3) is 2.20. The molecule has 0 saturated heterocycles. The molecule has 0 spiro atoms. The van der Waals surface area contributed by atoms with Crippen LogP contribution in [0.2, 0.25) is 0 Å². The molecular weight excluding hydrogens is 188 g/mol.